The van der Waals surface area contributed by atoms with E-state index in [4.69, 9.17) is 5.11 Å². The molecule has 0 heterocycles. The van der Waals surface area contributed by atoms with E-state index >= 15 is 0 Å². The first-order valence-corrected chi connectivity index (χ1v) is 9.19. The predicted molar refractivity (Wildman–Crippen MR) is 91.3 cm³/mol. The minimum absolute atomic E-state index is 0.118. The maximum absolute atomic E-state index is 11.2. The molecule has 0 saturated heterocycles. The van der Waals surface area contributed by atoms with Gasteiger partial charge in [-0.3, -0.25) is 4.79 Å². The van der Waals surface area contributed by atoms with Gasteiger partial charge < -0.3 is 20.4 Å². The average molecular weight is 346 g/mol. The summed E-state index contributed by atoms with van der Waals surface area (Å²) in [5, 5.41) is 40.6. The SMILES string of the molecule is C[C@]12CC[C@@H]3c4ccc(O)cc4CC[C@H]3[C@@H]1C[C@](O)(CC(=O)O)[C@@H]2O. The molecule has 0 amide bonds. The summed E-state index contributed by atoms with van der Waals surface area (Å²) in [6.45, 7) is 2.02. The van der Waals surface area contributed by atoms with Crippen molar-refractivity contribution in [1.82, 2.24) is 0 Å². The fraction of sp³-hybridized carbons (Fsp3) is 0.650. The normalized spacial score (nSPS) is 42.4. The van der Waals surface area contributed by atoms with Crippen molar-refractivity contribution in [2.45, 2.75) is 63.1 Å². The minimum Gasteiger partial charge on any atom is -0.508 e. The van der Waals surface area contributed by atoms with Gasteiger partial charge in [-0.15, -0.1) is 0 Å². The molecule has 0 spiro atoms. The minimum atomic E-state index is -1.53. The Bertz CT molecular complexity index is 716. The number of hydrogen-bond acceptors (Lipinski definition) is 4. The van der Waals surface area contributed by atoms with E-state index in [1.807, 2.05) is 19.1 Å². The van der Waals surface area contributed by atoms with Crippen molar-refractivity contribution in [3.8, 4) is 5.75 Å². The van der Waals surface area contributed by atoms with Crippen LogP contribution in [0, 0.1) is 17.3 Å². The summed E-state index contributed by atoms with van der Waals surface area (Å²) in [5.74, 6) is 0.0531. The van der Waals surface area contributed by atoms with Gasteiger partial charge in [-0.2, -0.15) is 0 Å². The molecule has 0 radical (unpaired) electrons. The highest BCUT2D eigenvalue weighted by Crippen LogP contribution is 2.63. The van der Waals surface area contributed by atoms with Gasteiger partial charge in [0.1, 0.15) is 11.4 Å². The topological polar surface area (TPSA) is 98.0 Å². The maximum atomic E-state index is 11.2. The molecule has 2 fully saturated rings. The van der Waals surface area contributed by atoms with Gasteiger partial charge in [0.05, 0.1) is 12.5 Å². The molecule has 0 bridgehead atoms. The number of aromatic hydroxyl groups is 1. The van der Waals surface area contributed by atoms with Gasteiger partial charge in [0.2, 0.25) is 0 Å². The summed E-state index contributed by atoms with van der Waals surface area (Å²) in [4.78, 5) is 11.2. The number of fused-ring (bicyclic) bond motifs is 5. The molecule has 25 heavy (non-hydrogen) atoms. The van der Waals surface area contributed by atoms with Crippen LogP contribution in [0.25, 0.3) is 0 Å². The molecule has 5 heteroatoms. The first-order chi connectivity index (χ1) is 11.7. The van der Waals surface area contributed by atoms with E-state index in [-0.39, 0.29) is 5.92 Å². The molecule has 4 rings (SSSR count). The smallest absolute Gasteiger partial charge is 0.306 e. The summed E-state index contributed by atoms with van der Waals surface area (Å²) in [5.41, 5.74) is 0.512. The molecule has 5 nitrogen and oxygen atoms in total. The number of aliphatic hydroxyl groups excluding tert-OH is 1. The largest absolute Gasteiger partial charge is 0.508 e. The molecule has 0 aliphatic heterocycles. The Kier molecular flexibility index (Phi) is 3.68. The second-order valence-electron chi connectivity index (χ2n) is 8.62. The molecule has 0 aromatic heterocycles. The van der Waals surface area contributed by atoms with E-state index in [1.54, 1.807) is 6.07 Å². The number of phenols is 1. The number of aliphatic carboxylic acids is 1. The van der Waals surface area contributed by atoms with Gasteiger partial charge in [-0.05, 0) is 78.5 Å². The van der Waals surface area contributed by atoms with E-state index in [9.17, 15) is 20.1 Å². The third kappa shape index (κ3) is 2.40. The lowest BCUT2D eigenvalue weighted by Gasteiger charge is -2.50. The highest BCUT2D eigenvalue weighted by Gasteiger charge is 2.63. The second kappa shape index (κ2) is 5.45. The van der Waals surface area contributed by atoms with Crippen LogP contribution in [0.3, 0.4) is 0 Å². The first-order valence-electron chi connectivity index (χ1n) is 9.19. The lowest BCUT2D eigenvalue weighted by atomic mass is 9.55. The van der Waals surface area contributed by atoms with Crippen LogP contribution in [0.15, 0.2) is 18.2 Å². The molecule has 1 aromatic rings. The van der Waals surface area contributed by atoms with Crippen LogP contribution >= 0.6 is 0 Å². The van der Waals surface area contributed by atoms with Gasteiger partial charge in [0.15, 0.2) is 0 Å². The van der Waals surface area contributed by atoms with Crippen molar-refractivity contribution in [3.05, 3.63) is 29.3 Å². The van der Waals surface area contributed by atoms with Gasteiger partial charge in [0.25, 0.3) is 0 Å². The molecule has 6 atom stereocenters. The van der Waals surface area contributed by atoms with Crippen molar-refractivity contribution >= 4 is 5.97 Å². The van der Waals surface area contributed by atoms with E-state index < -0.39 is 29.5 Å². The Labute approximate surface area is 147 Å². The Morgan fingerprint density at radius 3 is 2.80 bits per heavy atom. The third-order valence-corrected chi connectivity index (χ3v) is 7.31. The van der Waals surface area contributed by atoms with Crippen molar-refractivity contribution in [2.24, 2.45) is 17.3 Å². The zero-order valence-electron chi connectivity index (χ0n) is 14.5. The van der Waals surface area contributed by atoms with Crippen LogP contribution in [-0.4, -0.2) is 38.1 Å². The van der Waals surface area contributed by atoms with Crippen LogP contribution in [0.4, 0.5) is 0 Å². The van der Waals surface area contributed by atoms with E-state index in [0.717, 1.165) is 25.7 Å². The predicted octanol–water partition coefficient (Wildman–Crippen LogP) is 2.42. The number of aryl methyl sites for hydroxylation is 1. The summed E-state index contributed by atoms with van der Waals surface area (Å²) < 4.78 is 0. The van der Waals surface area contributed by atoms with Crippen molar-refractivity contribution in [1.29, 1.82) is 0 Å². The Hall–Kier alpha value is -1.59. The van der Waals surface area contributed by atoms with Crippen LogP contribution in [0.5, 0.6) is 5.75 Å². The average Bonchev–Trinajstić information content (AvgIpc) is 2.74. The van der Waals surface area contributed by atoms with Crippen LogP contribution in [0.2, 0.25) is 0 Å². The van der Waals surface area contributed by atoms with Gasteiger partial charge in [0, 0.05) is 0 Å². The quantitative estimate of drug-likeness (QED) is 0.659. The number of benzene rings is 1. The number of phenolic OH excluding ortho intramolecular Hbond substituents is 1. The second-order valence-corrected chi connectivity index (χ2v) is 8.62. The van der Waals surface area contributed by atoms with Crippen molar-refractivity contribution in [2.75, 3.05) is 0 Å². The molecular weight excluding hydrogens is 320 g/mol. The zero-order chi connectivity index (χ0) is 18.0. The maximum Gasteiger partial charge on any atom is 0.306 e. The van der Waals surface area contributed by atoms with E-state index in [1.165, 1.54) is 11.1 Å². The monoisotopic (exact) mass is 346 g/mol. The zero-order valence-corrected chi connectivity index (χ0v) is 14.5. The summed E-state index contributed by atoms with van der Waals surface area (Å²) in [6.07, 6.45) is 2.50. The molecular formula is C20H26O5. The van der Waals surface area contributed by atoms with E-state index in [2.05, 4.69) is 0 Å². The molecule has 136 valence electrons. The highest BCUT2D eigenvalue weighted by atomic mass is 16.4. The fourth-order valence-corrected chi connectivity index (χ4v) is 6.18. The summed E-state index contributed by atoms with van der Waals surface area (Å²) in [6, 6.07) is 5.60. The van der Waals surface area contributed by atoms with Crippen LogP contribution in [0.1, 0.15) is 56.1 Å². The number of carboxylic acid groups (broad SMARTS) is 1. The Morgan fingerprint density at radius 2 is 2.08 bits per heavy atom. The summed E-state index contributed by atoms with van der Waals surface area (Å²) >= 11 is 0. The molecule has 3 aliphatic carbocycles. The lowest BCUT2D eigenvalue weighted by Crippen LogP contribution is -2.48. The first kappa shape index (κ1) is 16.9. The number of carbonyl (C=O) groups is 1. The number of hydrogen-bond donors (Lipinski definition) is 4. The fourth-order valence-electron chi connectivity index (χ4n) is 6.18. The van der Waals surface area contributed by atoms with Gasteiger partial charge >= 0.3 is 5.97 Å². The number of aliphatic hydroxyl groups is 2. The molecule has 0 unspecified atom stereocenters. The highest BCUT2D eigenvalue weighted by molar-refractivity contribution is 5.68. The molecule has 4 N–H and O–H groups in total. The number of rotatable bonds is 2. The molecule has 3 aliphatic rings. The van der Waals surface area contributed by atoms with E-state index in [0.29, 0.717) is 24.0 Å². The standard InChI is InChI=1S/C20H26O5/c1-19-7-6-14-13-5-3-12(21)8-11(13)2-4-15(14)16(19)9-20(25,18(19)24)10-17(22)23/h3,5,8,14-16,18,21,24-25H,2,4,6-7,9-10H2,1H3,(H,22,23)/t14-,15-,16+,18-,19+,20+/m1/s1. The van der Waals surface area contributed by atoms with Gasteiger partial charge in [-0.25, -0.2) is 0 Å². The van der Waals surface area contributed by atoms with Crippen LogP contribution < -0.4 is 0 Å². The van der Waals surface area contributed by atoms with Gasteiger partial charge in [-0.1, -0.05) is 13.0 Å². The van der Waals surface area contributed by atoms with Crippen molar-refractivity contribution < 1.29 is 25.2 Å². The lowest BCUT2D eigenvalue weighted by molar-refractivity contribution is -0.150. The van der Waals surface area contributed by atoms with Crippen molar-refractivity contribution in [3.63, 3.8) is 0 Å². The van der Waals surface area contributed by atoms with Crippen LogP contribution in [-0.2, 0) is 11.2 Å². The molecule has 2 saturated carbocycles. The summed E-state index contributed by atoms with van der Waals surface area (Å²) in [7, 11) is 0. The Morgan fingerprint density at radius 1 is 1.32 bits per heavy atom. The Balaban J connectivity index is 1.68. The number of carboxylic acids is 1. The third-order valence-electron chi connectivity index (χ3n) is 7.31. The molecule has 1 aromatic carbocycles.